The van der Waals surface area contributed by atoms with Crippen LogP contribution in [0.25, 0.3) is 0 Å². The summed E-state index contributed by atoms with van der Waals surface area (Å²) in [4.78, 5) is 16.0. The highest BCUT2D eigenvalue weighted by atomic mass is 32.1. The summed E-state index contributed by atoms with van der Waals surface area (Å²) < 4.78 is 0. The second-order valence-electron chi connectivity index (χ2n) is 7.12. The van der Waals surface area contributed by atoms with Gasteiger partial charge in [-0.1, -0.05) is 6.42 Å². The quantitative estimate of drug-likeness (QED) is 0.889. The fraction of sp³-hybridized carbons (Fsp3) is 0.706. The Morgan fingerprint density at radius 2 is 2.33 bits per heavy atom. The lowest BCUT2D eigenvalue weighted by atomic mass is 9.84. The summed E-state index contributed by atoms with van der Waals surface area (Å²) in [5.41, 5.74) is 1.34. The number of rotatable bonds is 2. The van der Waals surface area contributed by atoms with Crippen LogP contribution in [-0.2, 0) is 13.0 Å². The van der Waals surface area contributed by atoms with Crippen molar-refractivity contribution in [2.24, 2.45) is 17.8 Å². The van der Waals surface area contributed by atoms with Crippen LogP contribution in [0.3, 0.4) is 0 Å². The summed E-state index contributed by atoms with van der Waals surface area (Å²) in [6, 6.07) is 2.64. The van der Waals surface area contributed by atoms with Gasteiger partial charge >= 0.3 is 6.03 Å². The van der Waals surface area contributed by atoms with Crippen molar-refractivity contribution < 1.29 is 4.79 Å². The van der Waals surface area contributed by atoms with Crippen molar-refractivity contribution in [1.82, 2.24) is 10.2 Å². The van der Waals surface area contributed by atoms with Gasteiger partial charge in [0, 0.05) is 24.0 Å². The van der Waals surface area contributed by atoms with Crippen LogP contribution in [0.5, 0.6) is 0 Å². The standard InChI is InChI=1S/C17H24N2OS/c1-11(15-9-12-2-3-13(15)8-12)18-17(20)19-6-4-16-14(10-19)5-7-21-16/h5,7,11-13,15H,2-4,6,8-10H2,1H3,(H,18,20)/t11-,12-,13-,15-/m0/s1. The van der Waals surface area contributed by atoms with E-state index in [1.807, 2.05) is 16.2 Å². The van der Waals surface area contributed by atoms with Gasteiger partial charge in [0.05, 0.1) is 0 Å². The minimum atomic E-state index is 0.141. The lowest BCUT2D eigenvalue weighted by Gasteiger charge is -2.32. The van der Waals surface area contributed by atoms with Gasteiger partial charge < -0.3 is 10.2 Å². The van der Waals surface area contributed by atoms with Crippen molar-refractivity contribution in [3.63, 3.8) is 0 Å². The third-order valence-corrected chi connectivity index (χ3v) is 6.90. The minimum Gasteiger partial charge on any atom is -0.335 e. The smallest absolute Gasteiger partial charge is 0.317 e. The van der Waals surface area contributed by atoms with Gasteiger partial charge in [-0.25, -0.2) is 4.79 Å². The van der Waals surface area contributed by atoms with E-state index >= 15 is 0 Å². The lowest BCUT2D eigenvalue weighted by molar-refractivity contribution is 0.178. The molecule has 3 nitrogen and oxygen atoms in total. The first-order chi connectivity index (χ1) is 10.2. The molecule has 0 aromatic carbocycles. The molecule has 4 rings (SSSR count). The molecule has 4 atom stereocenters. The van der Waals surface area contributed by atoms with Crippen LogP contribution in [0.15, 0.2) is 11.4 Å². The Hall–Kier alpha value is -1.03. The monoisotopic (exact) mass is 304 g/mol. The lowest BCUT2D eigenvalue weighted by Crippen LogP contribution is -2.48. The number of thiophene rings is 1. The van der Waals surface area contributed by atoms with E-state index in [0.29, 0.717) is 12.0 Å². The van der Waals surface area contributed by atoms with E-state index in [9.17, 15) is 4.79 Å². The summed E-state index contributed by atoms with van der Waals surface area (Å²) in [7, 11) is 0. The minimum absolute atomic E-state index is 0.141. The van der Waals surface area contributed by atoms with Crippen LogP contribution < -0.4 is 5.32 Å². The molecule has 4 heteroatoms. The topological polar surface area (TPSA) is 32.3 Å². The largest absolute Gasteiger partial charge is 0.335 e. The van der Waals surface area contributed by atoms with Crippen molar-refractivity contribution in [1.29, 1.82) is 0 Å². The first-order valence-corrected chi connectivity index (χ1v) is 9.19. The molecule has 2 fully saturated rings. The zero-order valence-corrected chi connectivity index (χ0v) is 13.5. The third kappa shape index (κ3) is 2.48. The van der Waals surface area contributed by atoms with E-state index in [2.05, 4.69) is 23.7 Å². The predicted octanol–water partition coefficient (Wildman–Crippen LogP) is 3.64. The maximum absolute atomic E-state index is 12.5. The molecule has 0 radical (unpaired) electrons. The number of urea groups is 1. The van der Waals surface area contributed by atoms with Crippen molar-refractivity contribution in [2.75, 3.05) is 6.54 Å². The fourth-order valence-electron chi connectivity index (χ4n) is 4.72. The number of amides is 2. The van der Waals surface area contributed by atoms with Crippen molar-refractivity contribution in [2.45, 2.75) is 51.6 Å². The molecule has 0 saturated heterocycles. The molecule has 114 valence electrons. The molecule has 1 aromatic rings. The Morgan fingerprint density at radius 3 is 3.10 bits per heavy atom. The van der Waals surface area contributed by atoms with Crippen LogP contribution >= 0.6 is 11.3 Å². The van der Waals surface area contributed by atoms with Crippen LogP contribution in [0.2, 0.25) is 0 Å². The molecule has 0 unspecified atom stereocenters. The number of carbonyl (C=O) groups is 1. The molecule has 1 aromatic heterocycles. The number of nitrogens with one attached hydrogen (secondary N) is 1. The van der Waals surface area contributed by atoms with Gasteiger partial charge in [-0.3, -0.25) is 0 Å². The molecular formula is C17H24N2OS. The number of hydrogen-bond acceptors (Lipinski definition) is 2. The van der Waals surface area contributed by atoms with E-state index in [1.165, 1.54) is 36.1 Å². The average Bonchev–Trinajstić information content (AvgIpc) is 3.21. The molecule has 1 N–H and O–H groups in total. The summed E-state index contributed by atoms with van der Waals surface area (Å²) in [5, 5.41) is 5.43. The number of nitrogens with zero attached hydrogens (tertiary/aromatic N) is 1. The summed E-state index contributed by atoms with van der Waals surface area (Å²) in [6.07, 6.45) is 6.57. The predicted molar refractivity (Wildman–Crippen MR) is 85.4 cm³/mol. The fourth-order valence-corrected chi connectivity index (χ4v) is 5.61. The molecule has 3 aliphatic rings. The van der Waals surface area contributed by atoms with Crippen LogP contribution in [0, 0.1) is 17.8 Å². The van der Waals surface area contributed by atoms with Gasteiger partial charge in [0.2, 0.25) is 0 Å². The maximum atomic E-state index is 12.5. The Balaban J connectivity index is 1.36. The molecule has 2 saturated carbocycles. The van der Waals surface area contributed by atoms with Gasteiger partial charge in [-0.15, -0.1) is 11.3 Å². The van der Waals surface area contributed by atoms with E-state index in [0.717, 1.165) is 31.3 Å². The molecule has 2 amide bonds. The Kier molecular flexibility index (Phi) is 3.44. The van der Waals surface area contributed by atoms with E-state index in [4.69, 9.17) is 0 Å². The van der Waals surface area contributed by atoms with E-state index < -0.39 is 0 Å². The highest BCUT2D eigenvalue weighted by Crippen LogP contribution is 2.49. The van der Waals surface area contributed by atoms with Gasteiger partial charge in [-0.2, -0.15) is 0 Å². The Bertz CT molecular complexity index is 541. The SMILES string of the molecule is C[C@H](NC(=O)N1CCc2sccc2C1)[C@@H]1C[C@H]2CC[C@H]1C2. The molecule has 0 spiro atoms. The van der Waals surface area contributed by atoms with Crippen LogP contribution in [0.1, 0.15) is 43.0 Å². The maximum Gasteiger partial charge on any atom is 0.317 e. The van der Waals surface area contributed by atoms with E-state index in [-0.39, 0.29) is 6.03 Å². The molecule has 21 heavy (non-hydrogen) atoms. The van der Waals surface area contributed by atoms with Gasteiger partial charge in [0.25, 0.3) is 0 Å². The van der Waals surface area contributed by atoms with E-state index in [1.54, 1.807) is 0 Å². The van der Waals surface area contributed by atoms with Crippen LogP contribution in [0.4, 0.5) is 4.79 Å². The van der Waals surface area contributed by atoms with Crippen molar-refractivity contribution in [3.8, 4) is 0 Å². The second kappa shape index (κ2) is 5.31. The second-order valence-corrected chi connectivity index (χ2v) is 8.12. The first kappa shape index (κ1) is 13.6. The normalized spacial score (nSPS) is 32.0. The Morgan fingerprint density at radius 1 is 1.43 bits per heavy atom. The summed E-state index contributed by atoms with van der Waals surface area (Å²) in [6.45, 7) is 3.86. The number of fused-ring (bicyclic) bond motifs is 3. The Labute approximate surface area is 130 Å². The molecule has 2 aliphatic carbocycles. The average molecular weight is 304 g/mol. The zero-order chi connectivity index (χ0) is 14.4. The molecule has 1 aliphatic heterocycles. The van der Waals surface area contributed by atoms with Gasteiger partial charge in [0.15, 0.2) is 0 Å². The summed E-state index contributed by atoms with van der Waals surface area (Å²) >= 11 is 1.82. The molecule has 2 heterocycles. The zero-order valence-electron chi connectivity index (χ0n) is 12.7. The number of hydrogen-bond donors (Lipinski definition) is 1. The highest BCUT2D eigenvalue weighted by molar-refractivity contribution is 7.10. The molecular weight excluding hydrogens is 280 g/mol. The third-order valence-electron chi connectivity index (χ3n) is 5.88. The highest BCUT2D eigenvalue weighted by Gasteiger charge is 2.42. The van der Waals surface area contributed by atoms with Crippen LogP contribution in [-0.4, -0.2) is 23.5 Å². The van der Waals surface area contributed by atoms with Gasteiger partial charge in [0.1, 0.15) is 0 Å². The molecule has 2 bridgehead atoms. The van der Waals surface area contributed by atoms with Gasteiger partial charge in [-0.05, 0) is 67.4 Å². The van der Waals surface area contributed by atoms with Crippen molar-refractivity contribution in [3.05, 3.63) is 21.9 Å². The first-order valence-electron chi connectivity index (χ1n) is 8.31. The van der Waals surface area contributed by atoms with Crippen molar-refractivity contribution >= 4 is 17.4 Å². The summed E-state index contributed by atoms with van der Waals surface area (Å²) in [5.74, 6) is 2.53. The number of carbonyl (C=O) groups excluding carboxylic acids is 1.